The SMILES string of the molecule is CCC(CC)C(=O)N1CCCC1C(=O)NC(Cc1ccc2ccccc2c1)C(=O)NCC(O)CNC(=O)CN. The van der Waals surface area contributed by atoms with Crippen molar-refractivity contribution in [3.63, 3.8) is 0 Å². The maximum Gasteiger partial charge on any atom is 0.243 e. The smallest absolute Gasteiger partial charge is 0.243 e. The molecule has 2 aromatic carbocycles. The Morgan fingerprint density at radius 2 is 1.72 bits per heavy atom. The van der Waals surface area contributed by atoms with Crippen LogP contribution in [0.1, 0.15) is 45.1 Å². The van der Waals surface area contributed by atoms with E-state index in [1.165, 1.54) is 0 Å². The number of hydrogen-bond acceptors (Lipinski definition) is 6. The number of carbonyl (C=O) groups is 4. The minimum atomic E-state index is -1.02. The van der Waals surface area contributed by atoms with E-state index in [2.05, 4.69) is 16.0 Å². The lowest BCUT2D eigenvalue weighted by atomic mass is 10.00. The lowest BCUT2D eigenvalue weighted by Crippen LogP contribution is -2.55. The predicted molar refractivity (Wildman–Crippen MR) is 149 cm³/mol. The number of benzene rings is 2. The first-order chi connectivity index (χ1) is 18.8. The number of hydrogen-bond donors (Lipinski definition) is 5. The molecule has 1 heterocycles. The number of aliphatic hydroxyl groups excluding tert-OH is 1. The van der Waals surface area contributed by atoms with Crippen LogP contribution in [0.5, 0.6) is 0 Å². The third kappa shape index (κ3) is 8.24. The van der Waals surface area contributed by atoms with Gasteiger partial charge in [-0.2, -0.15) is 0 Å². The number of rotatable bonds is 13. The predicted octanol–water partition coefficient (Wildman–Crippen LogP) is 0.846. The summed E-state index contributed by atoms with van der Waals surface area (Å²) in [7, 11) is 0. The Morgan fingerprint density at radius 3 is 2.41 bits per heavy atom. The van der Waals surface area contributed by atoms with Crippen molar-refractivity contribution in [3.05, 3.63) is 48.0 Å². The second-order valence-electron chi connectivity index (χ2n) is 10.1. The second-order valence-corrected chi connectivity index (χ2v) is 10.1. The van der Waals surface area contributed by atoms with Crippen molar-refractivity contribution in [3.8, 4) is 0 Å². The molecule has 1 aliphatic rings. The van der Waals surface area contributed by atoms with Gasteiger partial charge in [-0.05, 0) is 42.0 Å². The van der Waals surface area contributed by atoms with E-state index in [9.17, 15) is 24.3 Å². The number of nitrogens with zero attached hydrogens (tertiary/aromatic N) is 1. The van der Waals surface area contributed by atoms with E-state index >= 15 is 0 Å². The molecule has 6 N–H and O–H groups in total. The number of amides is 4. The summed E-state index contributed by atoms with van der Waals surface area (Å²) in [6.45, 7) is 4.09. The van der Waals surface area contributed by atoms with Crippen molar-refractivity contribution in [2.75, 3.05) is 26.2 Å². The van der Waals surface area contributed by atoms with E-state index in [1.54, 1.807) is 4.90 Å². The Hall–Kier alpha value is -3.50. The van der Waals surface area contributed by atoms with E-state index in [0.29, 0.717) is 25.8 Å². The summed E-state index contributed by atoms with van der Waals surface area (Å²) in [6.07, 6.45) is 1.90. The molecule has 3 atom stereocenters. The van der Waals surface area contributed by atoms with Gasteiger partial charge in [0, 0.05) is 32.0 Å². The minimum Gasteiger partial charge on any atom is -0.389 e. The summed E-state index contributed by atoms with van der Waals surface area (Å²) in [5, 5.41) is 20.3. The summed E-state index contributed by atoms with van der Waals surface area (Å²) in [4.78, 5) is 52.8. The summed E-state index contributed by atoms with van der Waals surface area (Å²) in [5.74, 6) is -1.38. The molecule has 10 nitrogen and oxygen atoms in total. The van der Waals surface area contributed by atoms with Crippen LogP contribution >= 0.6 is 0 Å². The molecule has 39 heavy (non-hydrogen) atoms. The van der Waals surface area contributed by atoms with Crippen molar-refractivity contribution in [1.29, 1.82) is 0 Å². The standard InChI is InChI=1S/C29H41N5O5/c1-3-20(4-2)29(39)34-13-7-10-25(34)28(38)33-24(27(37)32-18-23(35)17-31-26(36)16-30)15-19-11-12-21-8-5-6-9-22(21)14-19/h5-6,8-9,11-12,14,20,23-25,35H,3-4,7,10,13,15-18,30H2,1-2H3,(H,31,36)(H,32,37)(H,33,38). The van der Waals surface area contributed by atoms with Crippen molar-refractivity contribution in [2.24, 2.45) is 11.7 Å². The zero-order valence-electron chi connectivity index (χ0n) is 22.8. The summed E-state index contributed by atoms with van der Waals surface area (Å²) >= 11 is 0. The quantitative estimate of drug-likeness (QED) is 0.254. The van der Waals surface area contributed by atoms with Gasteiger partial charge in [0.2, 0.25) is 23.6 Å². The fraction of sp³-hybridized carbons (Fsp3) is 0.517. The van der Waals surface area contributed by atoms with Crippen LogP contribution in [0.4, 0.5) is 0 Å². The maximum absolute atomic E-state index is 13.4. The van der Waals surface area contributed by atoms with Gasteiger partial charge in [0.1, 0.15) is 12.1 Å². The molecule has 1 fully saturated rings. The van der Waals surface area contributed by atoms with Crippen LogP contribution < -0.4 is 21.7 Å². The van der Waals surface area contributed by atoms with E-state index in [1.807, 2.05) is 56.3 Å². The molecule has 3 rings (SSSR count). The first-order valence-corrected chi connectivity index (χ1v) is 13.8. The number of aliphatic hydroxyl groups is 1. The maximum atomic E-state index is 13.4. The lowest BCUT2D eigenvalue weighted by molar-refractivity contribution is -0.142. The Morgan fingerprint density at radius 1 is 1.03 bits per heavy atom. The zero-order valence-corrected chi connectivity index (χ0v) is 22.8. The molecule has 3 unspecified atom stereocenters. The highest BCUT2D eigenvalue weighted by Gasteiger charge is 2.37. The van der Waals surface area contributed by atoms with E-state index in [0.717, 1.165) is 22.8 Å². The van der Waals surface area contributed by atoms with Gasteiger partial charge in [-0.25, -0.2) is 0 Å². The summed E-state index contributed by atoms with van der Waals surface area (Å²) in [5.41, 5.74) is 6.12. The zero-order chi connectivity index (χ0) is 28.4. The topological polar surface area (TPSA) is 154 Å². The van der Waals surface area contributed by atoms with Gasteiger partial charge in [-0.1, -0.05) is 56.3 Å². The number of likely N-dealkylation sites (tertiary alicyclic amines) is 1. The molecule has 1 aliphatic heterocycles. The van der Waals surface area contributed by atoms with Gasteiger partial charge < -0.3 is 31.7 Å². The van der Waals surface area contributed by atoms with Crippen molar-refractivity contribution >= 4 is 34.4 Å². The van der Waals surface area contributed by atoms with Crippen LogP contribution in [0, 0.1) is 5.92 Å². The van der Waals surface area contributed by atoms with Gasteiger partial charge in [0.05, 0.1) is 12.6 Å². The van der Waals surface area contributed by atoms with E-state index in [-0.39, 0.29) is 43.8 Å². The van der Waals surface area contributed by atoms with Crippen LogP contribution in [0.3, 0.4) is 0 Å². The molecule has 0 spiro atoms. The molecule has 0 radical (unpaired) electrons. The number of nitrogens with one attached hydrogen (secondary N) is 3. The minimum absolute atomic E-state index is 0.0178. The molecule has 212 valence electrons. The van der Waals surface area contributed by atoms with E-state index < -0.39 is 30.0 Å². The second kappa shape index (κ2) is 14.6. The number of nitrogens with two attached hydrogens (primary N) is 1. The van der Waals surface area contributed by atoms with Crippen LogP contribution in [0.25, 0.3) is 10.8 Å². The van der Waals surface area contributed by atoms with Gasteiger partial charge in [0.15, 0.2) is 0 Å². The Bertz CT molecular complexity index is 1150. The van der Waals surface area contributed by atoms with Gasteiger partial charge in [-0.3, -0.25) is 19.2 Å². The Balaban J connectivity index is 1.74. The van der Waals surface area contributed by atoms with Crippen LogP contribution in [-0.4, -0.2) is 78.0 Å². The molecule has 1 saturated heterocycles. The summed E-state index contributed by atoms with van der Waals surface area (Å²) in [6, 6.07) is 12.2. The van der Waals surface area contributed by atoms with Crippen LogP contribution in [0.2, 0.25) is 0 Å². The molecule has 4 amide bonds. The largest absolute Gasteiger partial charge is 0.389 e. The molecule has 0 aromatic heterocycles. The first-order valence-electron chi connectivity index (χ1n) is 13.8. The van der Waals surface area contributed by atoms with Crippen molar-refractivity contribution < 1.29 is 24.3 Å². The number of fused-ring (bicyclic) bond motifs is 1. The summed E-state index contributed by atoms with van der Waals surface area (Å²) < 4.78 is 0. The fourth-order valence-corrected chi connectivity index (χ4v) is 4.97. The van der Waals surface area contributed by atoms with Crippen molar-refractivity contribution in [1.82, 2.24) is 20.9 Å². The van der Waals surface area contributed by atoms with Crippen molar-refractivity contribution in [2.45, 2.75) is 64.1 Å². The molecule has 0 aliphatic carbocycles. The molecule has 0 saturated carbocycles. The molecule has 10 heteroatoms. The van der Waals surface area contributed by atoms with Gasteiger partial charge >= 0.3 is 0 Å². The first kappa shape index (κ1) is 30.0. The average molecular weight is 540 g/mol. The molecule has 2 aromatic rings. The monoisotopic (exact) mass is 539 g/mol. The molecular weight excluding hydrogens is 498 g/mol. The third-order valence-corrected chi connectivity index (χ3v) is 7.29. The third-order valence-electron chi connectivity index (χ3n) is 7.29. The Kier molecular flexibility index (Phi) is 11.2. The highest BCUT2D eigenvalue weighted by atomic mass is 16.3. The van der Waals surface area contributed by atoms with E-state index in [4.69, 9.17) is 5.73 Å². The normalized spacial score (nSPS) is 16.6. The fourth-order valence-electron chi connectivity index (χ4n) is 4.97. The highest BCUT2D eigenvalue weighted by molar-refractivity contribution is 5.93. The lowest BCUT2D eigenvalue weighted by Gasteiger charge is -2.29. The van der Waals surface area contributed by atoms with Gasteiger partial charge in [-0.15, -0.1) is 0 Å². The van der Waals surface area contributed by atoms with Gasteiger partial charge in [0.25, 0.3) is 0 Å². The Labute approximate surface area is 229 Å². The average Bonchev–Trinajstić information content (AvgIpc) is 3.45. The van der Waals surface area contributed by atoms with Crippen LogP contribution in [0.15, 0.2) is 42.5 Å². The highest BCUT2D eigenvalue weighted by Crippen LogP contribution is 2.23. The molecule has 0 bridgehead atoms. The van der Waals surface area contributed by atoms with Crippen LogP contribution in [-0.2, 0) is 25.6 Å². The number of carbonyl (C=O) groups excluding carboxylic acids is 4. The molecular formula is C29H41N5O5.